The van der Waals surface area contributed by atoms with Gasteiger partial charge in [0, 0.05) is 11.3 Å². The van der Waals surface area contributed by atoms with E-state index in [2.05, 4.69) is 0 Å². The molecule has 6 nitrogen and oxygen atoms in total. The summed E-state index contributed by atoms with van der Waals surface area (Å²) >= 11 is 1.17. The molecule has 1 heterocycles. The molecular formula is C13H22O6S2. The molecule has 0 aromatic rings. The van der Waals surface area contributed by atoms with Crippen LogP contribution < -0.4 is 0 Å². The van der Waals surface area contributed by atoms with Gasteiger partial charge in [-0.05, 0) is 20.3 Å². The quantitative estimate of drug-likeness (QED) is 0.555. The van der Waals surface area contributed by atoms with Gasteiger partial charge in [-0.3, -0.25) is 4.18 Å². The molecule has 0 radical (unpaired) electrons. The van der Waals surface area contributed by atoms with E-state index in [-0.39, 0.29) is 17.3 Å². The van der Waals surface area contributed by atoms with E-state index >= 15 is 0 Å². The van der Waals surface area contributed by atoms with Crippen LogP contribution in [0, 0.1) is 0 Å². The van der Waals surface area contributed by atoms with E-state index in [4.69, 9.17) is 8.92 Å². The third kappa shape index (κ3) is 4.98. The molecule has 2 unspecified atom stereocenters. The highest BCUT2D eigenvalue weighted by Crippen LogP contribution is 2.43. The molecule has 0 aromatic carbocycles. The molecular weight excluding hydrogens is 316 g/mol. The fraction of sp³-hybridized carbons (Fsp3) is 0.769. The van der Waals surface area contributed by atoms with Crippen LogP contribution in [0.15, 0.2) is 10.5 Å². The molecule has 2 atom stereocenters. The Labute approximate surface area is 130 Å². The van der Waals surface area contributed by atoms with Gasteiger partial charge in [0.15, 0.2) is 0 Å². The highest BCUT2D eigenvalue weighted by atomic mass is 32.2. The van der Waals surface area contributed by atoms with Crippen LogP contribution in [-0.2, 0) is 23.8 Å². The van der Waals surface area contributed by atoms with Gasteiger partial charge in [0.1, 0.15) is 6.10 Å². The van der Waals surface area contributed by atoms with Crippen molar-refractivity contribution in [3.05, 3.63) is 10.5 Å². The molecule has 1 N–H and O–H groups in total. The Balaban J connectivity index is 3.25. The van der Waals surface area contributed by atoms with Crippen molar-refractivity contribution in [2.75, 3.05) is 18.6 Å². The van der Waals surface area contributed by atoms with Crippen LogP contribution in [0.1, 0.15) is 33.6 Å². The van der Waals surface area contributed by atoms with Crippen molar-refractivity contribution in [1.82, 2.24) is 0 Å². The Morgan fingerprint density at radius 2 is 2.10 bits per heavy atom. The number of rotatable bonds is 7. The Kier molecular flexibility index (Phi) is 6.27. The lowest BCUT2D eigenvalue weighted by atomic mass is 9.90. The molecule has 0 amide bonds. The number of thioether (sulfide) groups is 1. The van der Waals surface area contributed by atoms with Crippen molar-refractivity contribution in [3.8, 4) is 0 Å². The summed E-state index contributed by atoms with van der Waals surface area (Å²) in [7, 11) is -3.70. The summed E-state index contributed by atoms with van der Waals surface area (Å²) in [5.74, 6) is -0.280. The number of ether oxygens (including phenoxy) is 1. The standard InChI is InChI=1S/C13H22O6S2/c1-5-7-9(19-21(4,16)17)10-11(12(14)18-6-2)20-8-13(10,3)15/h9,15H,5-8H2,1-4H3. The lowest BCUT2D eigenvalue weighted by Crippen LogP contribution is -2.36. The first kappa shape index (κ1) is 18.5. The van der Waals surface area contributed by atoms with Crippen molar-refractivity contribution in [3.63, 3.8) is 0 Å². The average molecular weight is 338 g/mol. The SMILES string of the molecule is CCCC(OS(C)(=O)=O)C1=C(C(=O)OCC)SCC1(C)O. The van der Waals surface area contributed by atoms with Gasteiger partial charge in [-0.15, -0.1) is 11.8 Å². The van der Waals surface area contributed by atoms with Crippen LogP contribution in [0.2, 0.25) is 0 Å². The van der Waals surface area contributed by atoms with Crippen LogP contribution in [-0.4, -0.2) is 49.8 Å². The lowest BCUT2D eigenvalue weighted by molar-refractivity contribution is -0.137. The minimum absolute atomic E-state index is 0.212. The summed E-state index contributed by atoms with van der Waals surface area (Å²) in [6, 6.07) is 0. The van der Waals surface area contributed by atoms with Crippen LogP contribution in [0.4, 0.5) is 0 Å². The molecule has 0 fully saturated rings. The first-order chi connectivity index (χ1) is 9.62. The predicted molar refractivity (Wildman–Crippen MR) is 81.4 cm³/mol. The van der Waals surface area contributed by atoms with Crippen molar-refractivity contribution in [2.45, 2.75) is 45.3 Å². The normalized spacial score (nSPS) is 24.2. The first-order valence-corrected chi connectivity index (χ1v) is 9.57. The van der Waals surface area contributed by atoms with Gasteiger partial charge in [-0.2, -0.15) is 8.42 Å². The summed E-state index contributed by atoms with van der Waals surface area (Å²) in [6.07, 6.45) is 1.15. The second-order valence-electron chi connectivity index (χ2n) is 5.10. The number of hydrogen-bond acceptors (Lipinski definition) is 7. The van der Waals surface area contributed by atoms with E-state index in [9.17, 15) is 18.3 Å². The van der Waals surface area contributed by atoms with Gasteiger partial charge in [0.25, 0.3) is 10.1 Å². The molecule has 0 aliphatic carbocycles. The van der Waals surface area contributed by atoms with Gasteiger partial charge in [0.05, 0.1) is 23.4 Å². The van der Waals surface area contributed by atoms with E-state index in [0.29, 0.717) is 18.4 Å². The van der Waals surface area contributed by atoms with Crippen LogP contribution in [0.3, 0.4) is 0 Å². The third-order valence-corrected chi connectivity index (χ3v) is 4.91. The fourth-order valence-electron chi connectivity index (χ4n) is 2.19. The minimum Gasteiger partial charge on any atom is -0.462 e. The molecule has 122 valence electrons. The Bertz CT molecular complexity index is 521. The molecule has 8 heteroatoms. The topological polar surface area (TPSA) is 89.9 Å². The van der Waals surface area contributed by atoms with E-state index in [0.717, 1.165) is 6.26 Å². The Morgan fingerprint density at radius 3 is 2.57 bits per heavy atom. The highest BCUT2D eigenvalue weighted by molar-refractivity contribution is 8.04. The fourth-order valence-corrected chi connectivity index (χ4v) is 4.06. The van der Waals surface area contributed by atoms with E-state index in [1.165, 1.54) is 11.8 Å². The van der Waals surface area contributed by atoms with Gasteiger partial charge in [0.2, 0.25) is 0 Å². The van der Waals surface area contributed by atoms with E-state index in [1.54, 1.807) is 13.8 Å². The molecule has 0 spiro atoms. The van der Waals surface area contributed by atoms with Crippen molar-refractivity contribution < 1.29 is 27.2 Å². The molecule has 1 aliphatic rings. The minimum atomic E-state index is -3.70. The Hall–Kier alpha value is -0.570. The summed E-state index contributed by atoms with van der Waals surface area (Å²) in [6.45, 7) is 5.33. The summed E-state index contributed by atoms with van der Waals surface area (Å²) < 4.78 is 32.9. The zero-order valence-electron chi connectivity index (χ0n) is 12.7. The number of esters is 1. The van der Waals surface area contributed by atoms with Crippen molar-refractivity contribution >= 4 is 27.8 Å². The largest absolute Gasteiger partial charge is 0.462 e. The van der Waals surface area contributed by atoms with Gasteiger partial charge >= 0.3 is 5.97 Å². The predicted octanol–water partition coefficient (Wildman–Crippen LogP) is 1.45. The molecule has 0 saturated carbocycles. The highest BCUT2D eigenvalue weighted by Gasteiger charge is 2.43. The van der Waals surface area contributed by atoms with Gasteiger partial charge in [-0.25, -0.2) is 4.79 Å². The van der Waals surface area contributed by atoms with Crippen LogP contribution >= 0.6 is 11.8 Å². The van der Waals surface area contributed by atoms with Gasteiger partial charge in [-0.1, -0.05) is 13.3 Å². The summed E-state index contributed by atoms with van der Waals surface area (Å²) in [5.41, 5.74) is -0.990. The van der Waals surface area contributed by atoms with Crippen LogP contribution in [0.25, 0.3) is 0 Å². The first-order valence-electron chi connectivity index (χ1n) is 6.77. The molecule has 1 aliphatic heterocycles. The third-order valence-electron chi connectivity index (χ3n) is 2.95. The zero-order valence-corrected chi connectivity index (χ0v) is 14.3. The smallest absolute Gasteiger partial charge is 0.344 e. The summed E-state index contributed by atoms with van der Waals surface area (Å²) in [5, 5.41) is 10.5. The molecule has 0 saturated heterocycles. The molecule has 0 aromatic heterocycles. The number of carbonyl (C=O) groups is 1. The van der Waals surface area contributed by atoms with Crippen LogP contribution in [0.5, 0.6) is 0 Å². The zero-order chi connectivity index (χ0) is 16.3. The molecule has 21 heavy (non-hydrogen) atoms. The summed E-state index contributed by atoms with van der Waals surface area (Å²) in [4.78, 5) is 12.3. The van der Waals surface area contributed by atoms with Crippen molar-refractivity contribution in [1.29, 1.82) is 0 Å². The number of carbonyl (C=O) groups excluding carboxylic acids is 1. The monoisotopic (exact) mass is 338 g/mol. The van der Waals surface area contributed by atoms with E-state index < -0.39 is 27.8 Å². The molecule has 1 rings (SSSR count). The lowest BCUT2D eigenvalue weighted by Gasteiger charge is -2.27. The molecule has 0 bridgehead atoms. The van der Waals surface area contributed by atoms with E-state index in [1.807, 2.05) is 6.92 Å². The number of aliphatic hydroxyl groups is 1. The second-order valence-corrected chi connectivity index (χ2v) is 7.69. The maximum atomic E-state index is 12.0. The Morgan fingerprint density at radius 1 is 1.48 bits per heavy atom. The average Bonchev–Trinajstić information content (AvgIpc) is 2.63. The van der Waals surface area contributed by atoms with Crippen molar-refractivity contribution in [2.24, 2.45) is 0 Å². The maximum absolute atomic E-state index is 12.0. The van der Waals surface area contributed by atoms with Gasteiger partial charge < -0.3 is 9.84 Å². The second kappa shape index (κ2) is 7.13. The maximum Gasteiger partial charge on any atom is 0.344 e. The number of hydrogen-bond donors (Lipinski definition) is 1.